The van der Waals surface area contributed by atoms with E-state index in [0.717, 1.165) is 5.56 Å². The first kappa shape index (κ1) is 7.28. The molecule has 1 aromatic rings. The minimum atomic E-state index is -0.322. The molecule has 0 atom stereocenters. The molecule has 0 bridgehead atoms. The summed E-state index contributed by atoms with van der Waals surface area (Å²) in [5.74, 6) is 0. The van der Waals surface area contributed by atoms with E-state index in [1.807, 2.05) is 6.07 Å². The van der Waals surface area contributed by atoms with E-state index in [0.29, 0.717) is 13.1 Å². The third-order valence-corrected chi connectivity index (χ3v) is 1.18. The van der Waals surface area contributed by atoms with Crippen LogP contribution in [0.25, 0.3) is 0 Å². The Hall–Kier alpha value is -0.830. The molecule has 3 heteroatoms. The number of furan rings is 1. The lowest BCUT2D eigenvalue weighted by molar-refractivity contribution is 0.466. The summed E-state index contributed by atoms with van der Waals surface area (Å²) >= 11 is 0. The van der Waals surface area contributed by atoms with Gasteiger partial charge in [-0.2, -0.15) is 0 Å². The van der Waals surface area contributed by atoms with Crippen LogP contribution in [0.15, 0.2) is 23.0 Å². The maximum Gasteiger partial charge on any atom is 0.102 e. The Bertz CT molecular complexity index is 162. The second-order valence-corrected chi connectivity index (χ2v) is 2.00. The molecule has 0 saturated heterocycles. The van der Waals surface area contributed by atoms with Gasteiger partial charge in [0.1, 0.15) is 6.67 Å². The van der Waals surface area contributed by atoms with Crippen molar-refractivity contribution < 1.29 is 8.81 Å². The topological polar surface area (TPSA) is 25.2 Å². The fourth-order valence-corrected chi connectivity index (χ4v) is 0.693. The Balaban J connectivity index is 2.15. The van der Waals surface area contributed by atoms with Gasteiger partial charge in [0.25, 0.3) is 0 Å². The lowest BCUT2D eigenvalue weighted by Crippen LogP contribution is -2.15. The standard InChI is InChI=1S/C7H10FNO/c8-2-3-9-5-7-1-4-10-6-7/h1,4,6,9H,2-3,5H2. The lowest BCUT2D eigenvalue weighted by Gasteiger charge is -1.96. The van der Waals surface area contributed by atoms with Crippen LogP contribution in [0.2, 0.25) is 0 Å². The van der Waals surface area contributed by atoms with Gasteiger partial charge >= 0.3 is 0 Å². The SMILES string of the molecule is FCCNCc1ccoc1. The van der Waals surface area contributed by atoms with Crippen LogP contribution < -0.4 is 5.32 Å². The number of hydrogen-bond acceptors (Lipinski definition) is 2. The second-order valence-electron chi connectivity index (χ2n) is 2.00. The Morgan fingerprint density at radius 3 is 3.10 bits per heavy atom. The Kier molecular flexibility index (Phi) is 2.96. The van der Waals surface area contributed by atoms with Crippen molar-refractivity contribution in [3.8, 4) is 0 Å². The van der Waals surface area contributed by atoms with Crippen molar-refractivity contribution in [3.63, 3.8) is 0 Å². The molecule has 0 aliphatic heterocycles. The third-order valence-electron chi connectivity index (χ3n) is 1.18. The summed E-state index contributed by atoms with van der Waals surface area (Å²) in [5.41, 5.74) is 1.05. The molecule has 0 spiro atoms. The second kappa shape index (κ2) is 4.06. The summed E-state index contributed by atoms with van der Waals surface area (Å²) in [7, 11) is 0. The van der Waals surface area contributed by atoms with Crippen molar-refractivity contribution in [2.75, 3.05) is 13.2 Å². The average Bonchev–Trinajstić information content (AvgIpc) is 2.41. The predicted molar refractivity (Wildman–Crippen MR) is 36.4 cm³/mol. The fourth-order valence-electron chi connectivity index (χ4n) is 0.693. The highest BCUT2D eigenvalue weighted by Crippen LogP contribution is 1.97. The van der Waals surface area contributed by atoms with E-state index >= 15 is 0 Å². The molecular weight excluding hydrogens is 133 g/mol. The first-order valence-electron chi connectivity index (χ1n) is 3.21. The average molecular weight is 143 g/mol. The molecule has 0 saturated carbocycles. The zero-order chi connectivity index (χ0) is 7.23. The molecule has 10 heavy (non-hydrogen) atoms. The van der Waals surface area contributed by atoms with Gasteiger partial charge in [0.15, 0.2) is 0 Å². The van der Waals surface area contributed by atoms with Crippen LogP contribution in [-0.4, -0.2) is 13.2 Å². The molecule has 0 fully saturated rings. The number of alkyl halides is 1. The zero-order valence-corrected chi connectivity index (χ0v) is 5.64. The molecule has 0 aliphatic rings. The third kappa shape index (κ3) is 2.19. The van der Waals surface area contributed by atoms with E-state index in [1.165, 1.54) is 0 Å². The van der Waals surface area contributed by atoms with Gasteiger partial charge in [0.05, 0.1) is 12.5 Å². The molecule has 1 aromatic heterocycles. The molecule has 2 nitrogen and oxygen atoms in total. The van der Waals surface area contributed by atoms with E-state index < -0.39 is 0 Å². The van der Waals surface area contributed by atoms with Gasteiger partial charge in [0.2, 0.25) is 0 Å². The minimum Gasteiger partial charge on any atom is -0.472 e. The van der Waals surface area contributed by atoms with Crippen molar-refractivity contribution in [3.05, 3.63) is 24.2 Å². The molecule has 0 aromatic carbocycles. The van der Waals surface area contributed by atoms with E-state index in [2.05, 4.69) is 5.32 Å². The van der Waals surface area contributed by atoms with Crippen LogP contribution in [0.4, 0.5) is 4.39 Å². The van der Waals surface area contributed by atoms with Crippen LogP contribution in [-0.2, 0) is 6.54 Å². The van der Waals surface area contributed by atoms with Gasteiger partial charge < -0.3 is 9.73 Å². The van der Waals surface area contributed by atoms with Gasteiger partial charge in [-0.1, -0.05) is 0 Å². The van der Waals surface area contributed by atoms with Crippen molar-refractivity contribution in [2.45, 2.75) is 6.54 Å². The molecular formula is C7H10FNO. The molecule has 0 amide bonds. The highest BCUT2D eigenvalue weighted by atomic mass is 19.1. The molecule has 1 heterocycles. The molecule has 0 aliphatic carbocycles. The number of rotatable bonds is 4. The lowest BCUT2D eigenvalue weighted by atomic mass is 10.3. The summed E-state index contributed by atoms with van der Waals surface area (Å²) in [5, 5.41) is 2.90. The monoisotopic (exact) mass is 143 g/mol. The van der Waals surface area contributed by atoms with Crippen molar-refractivity contribution in [2.24, 2.45) is 0 Å². The number of hydrogen-bond donors (Lipinski definition) is 1. The minimum absolute atomic E-state index is 0.322. The van der Waals surface area contributed by atoms with E-state index in [1.54, 1.807) is 12.5 Å². The van der Waals surface area contributed by atoms with Crippen LogP contribution in [0, 0.1) is 0 Å². The van der Waals surface area contributed by atoms with Gasteiger partial charge in [-0.15, -0.1) is 0 Å². The Morgan fingerprint density at radius 1 is 1.60 bits per heavy atom. The maximum atomic E-state index is 11.5. The molecule has 0 radical (unpaired) electrons. The summed E-state index contributed by atoms with van der Waals surface area (Å²) in [6.45, 7) is 0.767. The van der Waals surface area contributed by atoms with Gasteiger partial charge in [-0.3, -0.25) is 0 Å². The van der Waals surface area contributed by atoms with Gasteiger partial charge in [0, 0.05) is 18.7 Å². The van der Waals surface area contributed by atoms with Gasteiger partial charge in [-0.25, -0.2) is 4.39 Å². The summed E-state index contributed by atoms with van der Waals surface area (Å²) < 4.78 is 16.3. The summed E-state index contributed by atoms with van der Waals surface area (Å²) in [6.07, 6.45) is 3.25. The fraction of sp³-hybridized carbons (Fsp3) is 0.429. The number of halogens is 1. The molecule has 1 N–H and O–H groups in total. The number of nitrogens with one attached hydrogen (secondary N) is 1. The maximum absolute atomic E-state index is 11.5. The quantitative estimate of drug-likeness (QED) is 0.643. The van der Waals surface area contributed by atoms with Crippen LogP contribution in [0.1, 0.15) is 5.56 Å². The first-order chi connectivity index (χ1) is 4.93. The Morgan fingerprint density at radius 2 is 2.50 bits per heavy atom. The highest BCUT2D eigenvalue weighted by Gasteiger charge is 1.91. The van der Waals surface area contributed by atoms with Crippen molar-refractivity contribution in [1.29, 1.82) is 0 Å². The van der Waals surface area contributed by atoms with Crippen molar-refractivity contribution >= 4 is 0 Å². The van der Waals surface area contributed by atoms with E-state index in [9.17, 15) is 4.39 Å². The van der Waals surface area contributed by atoms with E-state index in [-0.39, 0.29) is 6.67 Å². The van der Waals surface area contributed by atoms with E-state index in [4.69, 9.17) is 4.42 Å². The normalized spacial score (nSPS) is 10.1. The molecule has 56 valence electrons. The highest BCUT2D eigenvalue weighted by molar-refractivity contribution is 5.04. The summed E-state index contributed by atoms with van der Waals surface area (Å²) in [4.78, 5) is 0. The Labute approximate surface area is 59.0 Å². The van der Waals surface area contributed by atoms with Crippen molar-refractivity contribution in [1.82, 2.24) is 5.32 Å². The smallest absolute Gasteiger partial charge is 0.102 e. The molecule has 1 rings (SSSR count). The van der Waals surface area contributed by atoms with Crippen LogP contribution in [0.5, 0.6) is 0 Å². The zero-order valence-electron chi connectivity index (χ0n) is 5.64. The van der Waals surface area contributed by atoms with Crippen LogP contribution >= 0.6 is 0 Å². The van der Waals surface area contributed by atoms with Crippen LogP contribution in [0.3, 0.4) is 0 Å². The molecule has 0 unspecified atom stereocenters. The predicted octanol–water partition coefficient (Wildman–Crippen LogP) is 1.34. The largest absolute Gasteiger partial charge is 0.472 e. The summed E-state index contributed by atoms with van der Waals surface area (Å²) in [6, 6.07) is 1.85. The van der Waals surface area contributed by atoms with Gasteiger partial charge in [-0.05, 0) is 6.07 Å². The first-order valence-corrected chi connectivity index (χ1v) is 3.21.